The quantitative estimate of drug-likeness (QED) is 0.866. The molecule has 1 aliphatic rings. The van der Waals surface area contributed by atoms with Gasteiger partial charge in [0.2, 0.25) is 0 Å². The van der Waals surface area contributed by atoms with Crippen LogP contribution in [0.25, 0.3) is 0 Å². The van der Waals surface area contributed by atoms with Gasteiger partial charge in [-0.1, -0.05) is 18.2 Å². The number of morpholine rings is 1. The number of ether oxygens (including phenoxy) is 2. The molecule has 0 unspecified atom stereocenters. The van der Waals surface area contributed by atoms with Gasteiger partial charge in [-0.05, 0) is 11.6 Å². The number of methoxy groups -OCH3 is 1. The Balaban J connectivity index is 1.64. The zero-order valence-corrected chi connectivity index (χ0v) is 14.5. The first-order valence-electron chi connectivity index (χ1n) is 7.90. The van der Waals surface area contributed by atoms with Crippen molar-refractivity contribution in [2.75, 3.05) is 38.3 Å². The van der Waals surface area contributed by atoms with Crippen molar-refractivity contribution in [3.05, 3.63) is 45.9 Å². The molecule has 0 spiro atoms. The summed E-state index contributed by atoms with van der Waals surface area (Å²) in [4.78, 5) is 18.9. The second-order valence-corrected chi connectivity index (χ2v) is 6.41. The minimum atomic E-state index is -0.162. The number of thiazole rings is 1. The zero-order valence-electron chi connectivity index (χ0n) is 13.7. The fourth-order valence-corrected chi connectivity index (χ4v) is 3.39. The van der Waals surface area contributed by atoms with E-state index in [4.69, 9.17) is 9.47 Å². The molecule has 128 valence electrons. The van der Waals surface area contributed by atoms with Gasteiger partial charge in [0, 0.05) is 37.8 Å². The summed E-state index contributed by atoms with van der Waals surface area (Å²) in [6.45, 7) is 4.12. The normalized spacial score (nSPS) is 14.6. The fourth-order valence-electron chi connectivity index (χ4n) is 2.64. The van der Waals surface area contributed by atoms with E-state index >= 15 is 0 Å². The van der Waals surface area contributed by atoms with Gasteiger partial charge in [-0.2, -0.15) is 0 Å². The van der Waals surface area contributed by atoms with E-state index in [9.17, 15) is 4.79 Å². The topological polar surface area (TPSA) is 63.7 Å². The molecule has 1 saturated heterocycles. The van der Waals surface area contributed by atoms with Crippen LogP contribution in [0.1, 0.15) is 21.1 Å². The first-order valence-corrected chi connectivity index (χ1v) is 8.78. The second kappa shape index (κ2) is 8.23. The number of hydrogen-bond acceptors (Lipinski definition) is 6. The molecule has 7 heteroatoms. The van der Waals surface area contributed by atoms with E-state index in [1.54, 1.807) is 12.5 Å². The summed E-state index contributed by atoms with van der Waals surface area (Å²) in [6.07, 6.45) is 0. The molecule has 0 saturated carbocycles. The Hall–Kier alpha value is -1.96. The average molecular weight is 347 g/mol. The van der Waals surface area contributed by atoms with Gasteiger partial charge in [-0.3, -0.25) is 4.79 Å². The first kappa shape index (κ1) is 16.9. The van der Waals surface area contributed by atoms with Gasteiger partial charge >= 0.3 is 0 Å². The Bertz CT molecular complexity index is 683. The summed E-state index contributed by atoms with van der Waals surface area (Å²) in [5, 5.41) is 5.52. The van der Waals surface area contributed by atoms with Crippen LogP contribution in [0.4, 0.5) is 5.69 Å². The van der Waals surface area contributed by atoms with Crippen molar-refractivity contribution in [1.29, 1.82) is 0 Å². The Kier molecular flexibility index (Phi) is 5.79. The van der Waals surface area contributed by atoms with Crippen molar-refractivity contribution >= 4 is 22.9 Å². The number of carbonyl (C=O) groups is 1. The molecular weight excluding hydrogens is 326 g/mol. The van der Waals surface area contributed by atoms with E-state index < -0.39 is 0 Å². The zero-order chi connectivity index (χ0) is 16.8. The van der Waals surface area contributed by atoms with Crippen LogP contribution in [0.3, 0.4) is 0 Å². The van der Waals surface area contributed by atoms with E-state index in [0.717, 1.165) is 42.6 Å². The number of aromatic nitrogens is 1. The van der Waals surface area contributed by atoms with Crippen LogP contribution in [0, 0.1) is 0 Å². The predicted molar refractivity (Wildman–Crippen MR) is 93.5 cm³/mol. The van der Waals surface area contributed by atoms with Gasteiger partial charge in [-0.25, -0.2) is 4.98 Å². The number of rotatable bonds is 6. The highest BCUT2D eigenvalue weighted by atomic mass is 32.1. The van der Waals surface area contributed by atoms with Gasteiger partial charge in [0.15, 0.2) is 0 Å². The lowest BCUT2D eigenvalue weighted by Crippen LogP contribution is -2.37. The molecule has 1 amide bonds. The molecule has 0 radical (unpaired) electrons. The van der Waals surface area contributed by atoms with Gasteiger partial charge < -0.3 is 19.7 Å². The van der Waals surface area contributed by atoms with Crippen molar-refractivity contribution in [3.8, 4) is 0 Å². The average Bonchev–Trinajstić information content (AvgIpc) is 3.10. The maximum absolute atomic E-state index is 12.3. The molecule has 1 fully saturated rings. The standard InChI is InChI=1S/C17H21N3O3S/c1-22-11-16-19-14(12-24-16)17(21)18-10-13-4-2-3-5-15(13)20-6-8-23-9-7-20/h2-5,12H,6-11H2,1H3,(H,18,21). The number of hydrogen-bond donors (Lipinski definition) is 1. The van der Waals surface area contributed by atoms with E-state index in [2.05, 4.69) is 21.3 Å². The Morgan fingerprint density at radius 2 is 2.17 bits per heavy atom. The van der Waals surface area contributed by atoms with Crippen molar-refractivity contribution in [3.63, 3.8) is 0 Å². The smallest absolute Gasteiger partial charge is 0.271 e. The molecule has 6 nitrogen and oxygen atoms in total. The Labute approximate surface area is 145 Å². The minimum Gasteiger partial charge on any atom is -0.378 e. The maximum Gasteiger partial charge on any atom is 0.271 e. The third kappa shape index (κ3) is 4.11. The molecule has 0 bridgehead atoms. The summed E-state index contributed by atoms with van der Waals surface area (Å²) >= 11 is 1.43. The number of amides is 1. The molecule has 1 aliphatic heterocycles. The van der Waals surface area contributed by atoms with Crippen molar-refractivity contribution in [1.82, 2.24) is 10.3 Å². The van der Waals surface area contributed by atoms with Crippen LogP contribution in [0.15, 0.2) is 29.6 Å². The molecule has 3 rings (SSSR count). The second-order valence-electron chi connectivity index (χ2n) is 5.47. The van der Waals surface area contributed by atoms with Gasteiger partial charge in [0.05, 0.1) is 19.8 Å². The number of benzene rings is 1. The molecule has 0 aliphatic carbocycles. The summed E-state index contributed by atoms with van der Waals surface area (Å²) in [5.41, 5.74) is 2.69. The van der Waals surface area contributed by atoms with Crippen LogP contribution in [-0.2, 0) is 22.6 Å². The molecule has 24 heavy (non-hydrogen) atoms. The van der Waals surface area contributed by atoms with E-state index in [-0.39, 0.29) is 5.91 Å². The van der Waals surface area contributed by atoms with E-state index in [0.29, 0.717) is 18.8 Å². The maximum atomic E-state index is 12.3. The molecule has 2 aromatic rings. The van der Waals surface area contributed by atoms with Gasteiger partial charge in [0.25, 0.3) is 5.91 Å². The van der Waals surface area contributed by atoms with E-state index in [1.165, 1.54) is 11.3 Å². The van der Waals surface area contributed by atoms with Gasteiger partial charge in [0.1, 0.15) is 10.7 Å². The number of carbonyl (C=O) groups excluding carboxylic acids is 1. The number of nitrogens with zero attached hydrogens (tertiary/aromatic N) is 2. The summed E-state index contributed by atoms with van der Waals surface area (Å²) < 4.78 is 10.4. The lowest BCUT2D eigenvalue weighted by molar-refractivity contribution is 0.0945. The molecule has 0 atom stereocenters. The third-order valence-electron chi connectivity index (χ3n) is 3.83. The molecule has 1 aromatic heterocycles. The van der Waals surface area contributed by atoms with Crippen LogP contribution >= 0.6 is 11.3 Å². The van der Waals surface area contributed by atoms with Crippen LogP contribution < -0.4 is 10.2 Å². The molecule has 1 N–H and O–H groups in total. The Morgan fingerprint density at radius 1 is 1.38 bits per heavy atom. The monoisotopic (exact) mass is 347 g/mol. The summed E-state index contributed by atoms with van der Waals surface area (Å²) in [6, 6.07) is 8.15. The Morgan fingerprint density at radius 3 is 2.96 bits per heavy atom. The SMILES string of the molecule is COCc1nc(C(=O)NCc2ccccc2N2CCOCC2)cs1. The largest absolute Gasteiger partial charge is 0.378 e. The number of nitrogens with one attached hydrogen (secondary N) is 1. The van der Waals surface area contributed by atoms with Crippen LogP contribution in [-0.4, -0.2) is 44.3 Å². The highest BCUT2D eigenvalue weighted by molar-refractivity contribution is 7.09. The lowest BCUT2D eigenvalue weighted by Gasteiger charge is -2.30. The van der Waals surface area contributed by atoms with Crippen LogP contribution in [0.5, 0.6) is 0 Å². The van der Waals surface area contributed by atoms with Crippen molar-refractivity contribution in [2.24, 2.45) is 0 Å². The molecule has 1 aromatic carbocycles. The highest BCUT2D eigenvalue weighted by Crippen LogP contribution is 2.21. The molecular formula is C17H21N3O3S. The fraction of sp³-hybridized carbons (Fsp3) is 0.412. The molecule has 2 heterocycles. The first-order chi connectivity index (χ1) is 11.8. The summed E-state index contributed by atoms with van der Waals surface area (Å²) in [5.74, 6) is -0.162. The van der Waals surface area contributed by atoms with Crippen molar-refractivity contribution < 1.29 is 14.3 Å². The number of para-hydroxylation sites is 1. The minimum absolute atomic E-state index is 0.162. The van der Waals surface area contributed by atoms with Crippen LogP contribution in [0.2, 0.25) is 0 Å². The number of anilines is 1. The van der Waals surface area contributed by atoms with E-state index in [1.807, 2.05) is 18.2 Å². The third-order valence-corrected chi connectivity index (χ3v) is 4.66. The highest BCUT2D eigenvalue weighted by Gasteiger charge is 2.16. The van der Waals surface area contributed by atoms with Crippen molar-refractivity contribution in [2.45, 2.75) is 13.2 Å². The van der Waals surface area contributed by atoms with Gasteiger partial charge in [-0.15, -0.1) is 11.3 Å². The summed E-state index contributed by atoms with van der Waals surface area (Å²) in [7, 11) is 1.61. The predicted octanol–water partition coefficient (Wildman–Crippen LogP) is 2.06. The lowest BCUT2D eigenvalue weighted by atomic mass is 10.1.